The molecule has 4 nitrogen and oxygen atoms in total. The van der Waals surface area contributed by atoms with E-state index in [1.807, 2.05) is 12.1 Å². The molecule has 1 atom stereocenters. The lowest BCUT2D eigenvalue weighted by molar-refractivity contribution is 0.293. The topological polar surface area (TPSA) is 31.6 Å². The first-order valence-electron chi connectivity index (χ1n) is 6.69. The molecule has 1 unspecified atom stereocenters. The van der Waals surface area contributed by atoms with Gasteiger partial charge in [-0.2, -0.15) is 0 Å². The van der Waals surface area contributed by atoms with Gasteiger partial charge in [0, 0.05) is 13.1 Å². The summed E-state index contributed by atoms with van der Waals surface area (Å²) in [6, 6.07) is 4.23. The highest BCUT2D eigenvalue weighted by Crippen LogP contribution is 2.11. The smallest absolute Gasteiger partial charge is 0.120 e. The fraction of sp³-hybridized carbons (Fsp3) is 0.714. The van der Waals surface area contributed by atoms with Crippen molar-refractivity contribution in [2.45, 2.75) is 19.4 Å². The van der Waals surface area contributed by atoms with Gasteiger partial charge in [-0.05, 0) is 59.7 Å². The maximum Gasteiger partial charge on any atom is 0.120 e. The average Bonchev–Trinajstić information content (AvgIpc) is 2.81. The molecule has 1 aromatic heterocycles. The molecular formula is C14H27N3O. The normalized spacial score (nSPS) is 13.4. The Hall–Kier alpha value is -0.840. The fourth-order valence-corrected chi connectivity index (χ4v) is 1.88. The minimum atomic E-state index is 0.287. The number of furan rings is 1. The van der Waals surface area contributed by atoms with Crippen LogP contribution in [0.3, 0.4) is 0 Å². The Balaban J connectivity index is 2.06. The van der Waals surface area contributed by atoms with Gasteiger partial charge in [0.15, 0.2) is 0 Å². The maximum absolute atomic E-state index is 5.36. The summed E-state index contributed by atoms with van der Waals surface area (Å²) in [5.74, 6) is 1.00. The number of hydrogen-bond donors (Lipinski definition) is 1. The van der Waals surface area contributed by atoms with E-state index in [2.05, 4.69) is 43.2 Å². The van der Waals surface area contributed by atoms with Crippen molar-refractivity contribution >= 4 is 0 Å². The number of hydrogen-bond acceptors (Lipinski definition) is 4. The summed E-state index contributed by atoms with van der Waals surface area (Å²) in [4.78, 5) is 4.59. The molecule has 1 rings (SSSR count). The van der Waals surface area contributed by atoms with Gasteiger partial charge in [-0.15, -0.1) is 0 Å². The molecule has 0 radical (unpaired) electrons. The molecule has 104 valence electrons. The van der Waals surface area contributed by atoms with Crippen LogP contribution in [0.4, 0.5) is 0 Å². The average molecular weight is 253 g/mol. The van der Waals surface area contributed by atoms with Crippen LogP contribution in [0.5, 0.6) is 0 Å². The van der Waals surface area contributed by atoms with Crippen molar-refractivity contribution in [2.75, 3.05) is 47.3 Å². The molecule has 0 aliphatic rings. The summed E-state index contributed by atoms with van der Waals surface area (Å²) in [7, 11) is 6.41. The summed E-state index contributed by atoms with van der Waals surface area (Å²) < 4.78 is 5.36. The minimum absolute atomic E-state index is 0.287. The third-order valence-electron chi connectivity index (χ3n) is 3.06. The molecule has 0 fully saturated rings. The Morgan fingerprint density at radius 2 is 2.00 bits per heavy atom. The summed E-state index contributed by atoms with van der Waals surface area (Å²) in [5.41, 5.74) is 0. The molecule has 0 aliphatic heterocycles. The predicted octanol–water partition coefficient (Wildman–Crippen LogP) is 1.81. The standard InChI is InChI=1S/C14H27N3O/c1-13(14-7-5-12-18-14)15-8-11-17(4)10-6-9-16(2)3/h5,7,12-13,15H,6,8-11H2,1-4H3. The highest BCUT2D eigenvalue weighted by atomic mass is 16.3. The van der Waals surface area contributed by atoms with E-state index >= 15 is 0 Å². The highest BCUT2D eigenvalue weighted by Gasteiger charge is 2.07. The van der Waals surface area contributed by atoms with Crippen molar-refractivity contribution in [3.63, 3.8) is 0 Å². The fourth-order valence-electron chi connectivity index (χ4n) is 1.88. The van der Waals surface area contributed by atoms with E-state index in [9.17, 15) is 0 Å². The zero-order valence-electron chi connectivity index (χ0n) is 12.1. The van der Waals surface area contributed by atoms with E-state index in [0.29, 0.717) is 0 Å². The zero-order chi connectivity index (χ0) is 13.4. The Morgan fingerprint density at radius 3 is 2.61 bits per heavy atom. The zero-order valence-corrected chi connectivity index (χ0v) is 12.1. The quantitative estimate of drug-likeness (QED) is 0.727. The first-order valence-corrected chi connectivity index (χ1v) is 6.69. The number of likely N-dealkylation sites (N-methyl/N-ethyl adjacent to an activating group) is 1. The maximum atomic E-state index is 5.36. The van der Waals surface area contributed by atoms with Crippen molar-refractivity contribution in [3.8, 4) is 0 Å². The molecule has 0 aromatic carbocycles. The second-order valence-corrected chi connectivity index (χ2v) is 5.15. The SMILES string of the molecule is CC(NCCN(C)CCCN(C)C)c1ccco1. The molecule has 4 heteroatoms. The van der Waals surface area contributed by atoms with Crippen molar-refractivity contribution in [1.29, 1.82) is 0 Å². The molecule has 0 aliphatic carbocycles. The predicted molar refractivity (Wildman–Crippen MR) is 75.8 cm³/mol. The van der Waals surface area contributed by atoms with E-state index in [4.69, 9.17) is 4.42 Å². The van der Waals surface area contributed by atoms with Gasteiger partial charge in [0.2, 0.25) is 0 Å². The van der Waals surface area contributed by atoms with Crippen LogP contribution in [0, 0.1) is 0 Å². The van der Waals surface area contributed by atoms with E-state index in [-0.39, 0.29) is 6.04 Å². The van der Waals surface area contributed by atoms with Gasteiger partial charge in [0.1, 0.15) is 5.76 Å². The molecule has 0 saturated heterocycles. The van der Waals surface area contributed by atoms with Gasteiger partial charge in [0.05, 0.1) is 12.3 Å². The molecule has 0 bridgehead atoms. The Bertz CT molecular complexity index is 298. The van der Waals surface area contributed by atoms with Gasteiger partial charge in [0.25, 0.3) is 0 Å². The second kappa shape index (κ2) is 8.29. The molecule has 18 heavy (non-hydrogen) atoms. The van der Waals surface area contributed by atoms with Crippen molar-refractivity contribution in [2.24, 2.45) is 0 Å². The molecule has 1 aromatic rings. The first kappa shape index (κ1) is 15.2. The monoisotopic (exact) mass is 253 g/mol. The number of nitrogens with zero attached hydrogens (tertiary/aromatic N) is 2. The van der Waals surface area contributed by atoms with Gasteiger partial charge < -0.3 is 19.5 Å². The lowest BCUT2D eigenvalue weighted by Crippen LogP contribution is -2.32. The summed E-state index contributed by atoms with van der Waals surface area (Å²) in [6.07, 6.45) is 2.94. The lowest BCUT2D eigenvalue weighted by atomic mass is 10.2. The van der Waals surface area contributed by atoms with Gasteiger partial charge in [-0.1, -0.05) is 0 Å². The van der Waals surface area contributed by atoms with Gasteiger partial charge in [-0.25, -0.2) is 0 Å². The van der Waals surface area contributed by atoms with Crippen molar-refractivity contribution in [1.82, 2.24) is 15.1 Å². The van der Waals surface area contributed by atoms with Crippen molar-refractivity contribution in [3.05, 3.63) is 24.2 Å². The third kappa shape index (κ3) is 6.19. The van der Waals surface area contributed by atoms with Crippen LogP contribution in [0.25, 0.3) is 0 Å². The van der Waals surface area contributed by atoms with Crippen LogP contribution in [0.1, 0.15) is 25.1 Å². The molecular weight excluding hydrogens is 226 g/mol. The van der Waals surface area contributed by atoms with Crippen LogP contribution < -0.4 is 5.32 Å². The van der Waals surface area contributed by atoms with E-state index < -0.39 is 0 Å². The second-order valence-electron chi connectivity index (χ2n) is 5.15. The van der Waals surface area contributed by atoms with E-state index in [1.54, 1.807) is 6.26 Å². The lowest BCUT2D eigenvalue weighted by Gasteiger charge is -2.19. The summed E-state index contributed by atoms with van der Waals surface area (Å²) in [5, 5.41) is 3.47. The Kier molecular flexibility index (Phi) is 7.01. The summed E-state index contributed by atoms with van der Waals surface area (Å²) in [6.45, 7) is 6.49. The van der Waals surface area contributed by atoms with Crippen molar-refractivity contribution < 1.29 is 4.42 Å². The number of rotatable bonds is 9. The molecule has 0 spiro atoms. The van der Waals surface area contributed by atoms with Gasteiger partial charge in [-0.3, -0.25) is 0 Å². The first-order chi connectivity index (χ1) is 8.59. The third-order valence-corrected chi connectivity index (χ3v) is 3.06. The van der Waals surface area contributed by atoms with Crippen LogP contribution in [-0.4, -0.2) is 57.1 Å². The molecule has 1 N–H and O–H groups in total. The van der Waals surface area contributed by atoms with Gasteiger partial charge >= 0.3 is 0 Å². The molecule has 1 heterocycles. The van der Waals surface area contributed by atoms with Crippen LogP contribution in [-0.2, 0) is 0 Å². The number of nitrogens with one attached hydrogen (secondary N) is 1. The van der Waals surface area contributed by atoms with Crippen LogP contribution >= 0.6 is 0 Å². The molecule has 0 saturated carbocycles. The Morgan fingerprint density at radius 1 is 1.22 bits per heavy atom. The van der Waals surface area contributed by atoms with Crippen LogP contribution in [0.2, 0.25) is 0 Å². The van der Waals surface area contributed by atoms with E-state index in [0.717, 1.165) is 31.9 Å². The minimum Gasteiger partial charge on any atom is -0.468 e. The molecule has 0 amide bonds. The van der Waals surface area contributed by atoms with E-state index in [1.165, 1.54) is 6.42 Å². The highest BCUT2D eigenvalue weighted by molar-refractivity contribution is 5.02. The Labute approximate surface area is 111 Å². The summed E-state index contributed by atoms with van der Waals surface area (Å²) >= 11 is 0. The van der Waals surface area contributed by atoms with Crippen LogP contribution in [0.15, 0.2) is 22.8 Å². The largest absolute Gasteiger partial charge is 0.468 e.